The van der Waals surface area contributed by atoms with Crippen molar-refractivity contribution >= 4 is 125 Å². The summed E-state index contributed by atoms with van der Waals surface area (Å²) in [5.41, 5.74) is 7.42. The van der Waals surface area contributed by atoms with Crippen LogP contribution in [0.2, 0.25) is 0 Å². The molecule has 0 fully saturated rings. The molecule has 0 unspecified atom stereocenters. The monoisotopic (exact) mass is 491 g/mol. The van der Waals surface area contributed by atoms with Crippen LogP contribution in [-0.2, 0) is 20.2 Å². The molecule has 0 spiro atoms. The van der Waals surface area contributed by atoms with Crippen LogP contribution in [0.15, 0.2) is 28.0 Å². The molecule has 0 saturated carbocycles. The Kier molecular flexibility index (Phi) is 8.50. The normalized spacial score (nSPS) is 13.3. The predicted molar refractivity (Wildman–Crippen MR) is 106 cm³/mol. The van der Waals surface area contributed by atoms with Gasteiger partial charge in [0.25, 0.3) is 32.1 Å². The Balaban J connectivity index is 0.00000240. The minimum Gasteiger partial charge on any atom is -0.397 e. The summed E-state index contributed by atoms with van der Waals surface area (Å²) in [7, 11) is -9.89. The van der Waals surface area contributed by atoms with Crippen molar-refractivity contribution in [2.24, 2.45) is 5.84 Å². The van der Waals surface area contributed by atoms with Crippen molar-refractivity contribution in [2.45, 2.75) is 9.79 Å². The zero-order valence-corrected chi connectivity index (χ0v) is 20.7. The average molecular weight is 491 g/mol. The van der Waals surface area contributed by atoms with Gasteiger partial charge in [0.05, 0.1) is 21.7 Å². The molecule has 0 aromatic heterocycles. The molecule has 1 aliphatic heterocycles. The third kappa shape index (κ3) is 4.97. The van der Waals surface area contributed by atoms with Crippen LogP contribution in [0.4, 0.5) is 10.5 Å². The van der Waals surface area contributed by atoms with Gasteiger partial charge in [-0.1, -0.05) is 0 Å². The maximum absolute atomic E-state index is 12.7. The number of hydrogen-bond donors (Lipinski definition) is 6. The van der Waals surface area contributed by atoms with Crippen LogP contribution in [0.3, 0.4) is 0 Å². The fraction of sp³-hybridized carbons (Fsp3) is 0. The van der Waals surface area contributed by atoms with Crippen molar-refractivity contribution in [1.82, 2.24) is 15.9 Å². The van der Waals surface area contributed by atoms with Crippen LogP contribution in [0.1, 0.15) is 20.7 Å². The van der Waals surface area contributed by atoms with Gasteiger partial charge >= 0.3 is 6.03 Å². The Hall–Kier alpha value is -1.08. The van der Waals surface area contributed by atoms with E-state index in [0.717, 1.165) is 6.07 Å². The van der Waals surface area contributed by atoms with Crippen LogP contribution in [0, 0.1) is 0 Å². The summed E-state index contributed by atoms with van der Waals surface area (Å²) < 4.78 is 65.2. The molecule has 1 aliphatic rings. The van der Waals surface area contributed by atoms with E-state index in [1.54, 1.807) is 10.9 Å². The average Bonchev–Trinajstić information content (AvgIpc) is 2.61. The molecule has 2 aromatic rings. The number of nitrogens with zero attached hydrogens (tertiary/aromatic N) is 1. The van der Waals surface area contributed by atoms with Crippen LogP contribution in [-0.4, -0.2) is 119 Å². The number of carbonyl (C=O) groups is 3. The Labute approximate surface area is 229 Å². The molecule has 0 aliphatic carbocycles. The quantitative estimate of drug-likeness (QED) is 0.0514. The third-order valence-corrected chi connectivity index (χ3v) is 5.72. The molecular formula is C13H11KLiN5O9S2. The molecule has 0 atom stereocenters. The SMILES string of the molecule is NNC(=O)NN1C(=O)c2cc(S(=O)(=O)O)cc3c(N)c(S(=O)(=O)O)cc(c23)C1=O.[K].[Li]. The Morgan fingerprint density at radius 1 is 0.968 bits per heavy atom. The van der Waals surface area contributed by atoms with E-state index in [-0.39, 0.29) is 80.6 Å². The summed E-state index contributed by atoms with van der Waals surface area (Å²) >= 11 is 0. The molecule has 0 bridgehead atoms. The van der Waals surface area contributed by atoms with Gasteiger partial charge in [0.15, 0.2) is 0 Å². The number of urea groups is 1. The van der Waals surface area contributed by atoms with Crippen LogP contribution < -0.4 is 22.4 Å². The van der Waals surface area contributed by atoms with Gasteiger partial charge in [0, 0.05) is 81.0 Å². The standard InChI is InChI=1S/C13H11N5O9S2.K.Li/c14-10-5-1-4(28(22,23)24)2-6-9(5)7(3-8(10)29(25,26)27)12(20)18(11(6)19)17-13(21)16-15;;/h1-3H,14-15H2,(H2,16,17,21)(H,22,23,24)(H,25,26,27);;. The van der Waals surface area contributed by atoms with Crippen molar-refractivity contribution in [2.75, 3.05) is 5.73 Å². The predicted octanol–water partition coefficient (Wildman–Crippen LogP) is -2.16. The van der Waals surface area contributed by atoms with Crippen molar-refractivity contribution in [1.29, 1.82) is 0 Å². The number of rotatable bonds is 3. The number of nitrogen functional groups attached to an aromatic ring is 1. The molecule has 4 amide bonds. The van der Waals surface area contributed by atoms with Crippen molar-refractivity contribution in [3.8, 4) is 0 Å². The van der Waals surface area contributed by atoms with Gasteiger partial charge in [-0.2, -0.15) is 21.8 Å². The molecule has 18 heteroatoms. The fourth-order valence-corrected chi connectivity index (χ4v) is 3.99. The number of benzene rings is 2. The zero-order chi connectivity index (χ0) is 21.9. The summed E-state index contributed by atoms with van der Waals surface area (Å²) in [6.07, 6.45) is 0. The zero-order valence-electron chi connectivity index (χ0n) is 15.9. The third-order valence-electron chi connectivity index (χ3n) is 4.00. The molecule has 3 rings (SSSR count). The number of anilines is 1. The second kappa shape index (κ2) is 9.42. The first-order valence-electron chi connectivity index (χ1n) is 7.28. The molecule has 8 N–H and O–H groups in total. The Bertz CT molecular complexity index is 1320. The second-order valence-corrected chi connectivity index (χ2v) is 8.52. The first kappa shape index (κ1) is 28.0. The summed E-state index contributed by atoms with van der Waals surface area (Å²) in [4.78, 5) is 35.0. The summed E-state index contributed by atoms with van der Waals surface area (Å²) in [5, 5.41) is -0.523. The number of amides is 4. The van der Waals surface area contributed by atoms with Crippen molar-refractivity contribution < 1.29 is 40.3 Å². The summed E-state index contributed by atoms with van der Waals surface area (Å²) in [5.74, 6) is 2.44. The van der Waals surface area contributed by atoms with Gasteiger partial charge in [-0.05, 0) is 18.2 Å². The number of hydrogen-bond acceptors (Lipinski definition) is 9. The molecule has 31 heavy (non-hydrogen) atoms. The Morgan fingerprint density at radius 3 is 1.94 bits per heavy atom. The molecule has 14 nitrogen and oxygen atoms in total. The van der Waals surface area contributed by atoms with E-state index in [9.17, 15) is 40.3 Å². The molecule has 2 radical (unpaired) electrons. The Morgan fingerprint density at radius 2 is 1.48 bits per heavy atom. The van der Waals surface area contributed by atoms with Crippen molar-refractivity contribution in [3.05, 3.63) is 29.3 Å². The van der Waals surface area contributed by atoms with E-state index in [0.29, 0.717) is 12.1 Å². The van der Waals surface area contributed by atoms with E-state index in [1.807, 2.05) is 0 Å². The number of nitrogens with one attached hydrogen (secondary N) is 2. The van der Waals surface area contributed by atoms with Crippen LogP contribution in [0.5, 0.6) is 0 Å². The number of carbonyl (C=O) groups excluding carboxylic acids is 3. The molecule has 0 saturated heterocycles. The molecule has 156 valence electrons. The van der Waals surface area contributed by atoms with E-state index < -0.39 is 70.1 Å². The van der Waals surface area contributed by atoms with E-state index in [4.69, 9.17) is 11.6 Å². The number of imide groups is 1. The maximum Gasteiger partial charge on any atom is 0.348 e. The molecule has 1 heterocycles. The molecular weight excluding hydrogens is 480 g/mol. The van der Waals surface area contributed by atoms with Crippen LogP contribution in [0.25, 0.3) is 10.8 Å². The van der Waals surface area contributed by atoms with Gasteiger partial charge in [-0.15, -0.1) is 0 Å². The first-order chi connectivity index (χ1) is 13.3. The summed E-state index contributed by atoms with van der Waals surface area (Å²) in [6.45, 7) is 0. The summed E-state index contributed by atoms with van der Waals surface area (Å²) in [6, 6.07) is 0.894. The first-order valence-corrected chi connectivity index (χ1v) is 10.2. The van der Waals surface area contributed by atoms with Crippen molar-refractivity contribution in [3.63, 3.8) is 0 Å². The maximum atomic E-state index is 12.7. The number of nitrogens with two attached hydrogens (primary N) is 2. The topological polar surface area (TPSA) is 239 Å². The van der Waals surface area contributed by atoms with Gasteiger partial charge in [-0.3, -0.25) is 24.1 Å². The van der Waals surface area contributed by atoms with Gasteiger partial charge in [0.1, 0.15) is 4.90 Å². The van der Waals surface area contributed by atoms with Gasteiger partial charge in [-0.25, -0.2) is 16.1 Å². The van der Waals surface area contributed by atoms with Gasteiger partial charge < -0.3 is 5.73 Å². The minimum atomic E-state index is -4.99. The minimum absolute atomic E-state index is 0. The second-order valence-electron chi connectivity index (χ2n) is 5.71. The molecule has 2 aromatic carbocycles. The van der Waals surface area contributed by atoms with Crippen LogP contribution >= 0.6 is 0 Å². The smallest absolute Gasteiger partial charge is 0.348 e. The van der Waals surface area contributed by atoms with E-state index >= 15 is 0 Å². The van der Waals surface area contributed by atoms with E-state index in [2.05, 4.69) is 0 Å². The van der Waals surface area contributed by atoms with Gasteiger partial charge in [0.2, 0.25) is 0 Å². The number of hydrazine groups is 2. The van der Waals surface area contributed by atoms with E-state index in [1.165, 1.54) is 0 Å². The fourth-order valence-electron chi connectivity index (χ4n) is 2.80. The largest absolute Gasteiger partial charge is 0.397 e.